The first kappa shape index (κ1) is 18.6. The molecule has 0 bridgehead atoms. The molecular weight excluding hydrogens is 346 g/mol. The zero-order chi connectivity index (χ0) is 18.5. The lowest BCUT2D eigenvalue weighted by Gasteiger charge is -2.24. The molecule has 0 spiro atoms. The molecule has 1 saturated heterocycles. The summed E-state index contributed by atoms with van der Waals surface area (Å²) in [5, 5.41) is 7.20. The van der Waals surface area contributed by atoms with E-state index in [0.29, 0.717) is 26.1 Å². The van der Waals surface area contributed by atoms with Crippen molar-refractivity contribution in [2.24, 2.45) is 5.92 Å². The molecule has 0 radical (unpaired) electrons. The molecule has 5 nitrogen and oxygen atoms in total. The lowest BCUT2D eigenvalue weighted by molar-refractivity contribution is -0.129. The van der Waals surface area contributed by atoms with Gasteiger partial charge >= 0.3 is 0 Å². The Hall–Kier alpha value is -2.18. The lowest BCUT2D eigenvalue weighted by Crippen LogP contribution is -2.38. The fraction of sp³-hybridized carbons (Fsp3) is 0.400. The summed E-state index contributed by atoms with van der Waals surface area (Å²) in [6, 6.07) is 12.1. The van der Waals surface area contributed by atoms with Crippen LogP contribution in [0.1, 0.15) is 23.6 Å². The standard InChI is InChI=1S/C20H25N3O2S/c1-22(2)18(16-8-9-26-14-16)11-21-20(25)17-10-19(24)23(13-17)12-15-6-4-3-5-7-15/h3-9,14,17-18H,10-13H2,1-2H3,(H,21,25)/t17-,18-/m1/s1. The minimum absolute atomic E-state index is 0.0315. The fourth-order valence-corrected chi connectivity index (χ4v) is 4.02. The monoisotopic (exact) mass is 371 g/mol. The Morgan fingerprint density at radius 1 is 1.31 bits per heavy atom. The van der Waals surface area contributed by atoms with Crippen LogP contribution in [0.4, 0.5) is 0 Å². The quantitative estimate of drug-likeness (QED) is 0.814. The van der Waals surface area contributed by atoms with E-state index < -0.39 is 0 Å². The van der Waals surface area contributed by atoms with Gasteiger partial charge in [-0.3, -0.25) is 9.59 Å². The van der Waals surface area contributed by atoms with Crippen LogP contribution in [0.5, 0.6) is 0 Å². The predicted octanol–water partition coefficient (Wildman–Crippen LogP) is 2.52. The molecule has 1 aromatic carbocycles. The summed E-state index contributed by atoms with van der Waals surface area (Å²) in [5.74, 6) is -0.247. The summed E-state index contributed by atoms with van der Waals surface area (Å²) < 4.78 is 0. The SMILES string of the molecule is CN(C)[C@H](CNC(=O)[C@@H]1CC(=O)N(Cc2ccccc2)C1)c1ccsc1. The Labute approximate surface area is 158 Å². The van der Waals surface area contributed by atoms with Crippen LogP contribution in [0, 0.1) is 5.92 Å². The minimum atomic E-state index is -0.267. The molecule has 6 heteroatoms. The minimum Gasteiger partial charge on any atom is -0.354 e. The van der Waals surface area contributed by atoms with Crippen LogP contribution >= 0.6 is 11.3 Å². The first-order chi connectivity index (χ1) is 12.5. The van der Waals surface area contributed by atoms with Crippen molar-refractivity contribution in [2.45, 2.75) is 19.0 Å². The molecule has 2 heterocycles. The van der Waals surface area contributed by atoms with Crippen LogP contribution < -0.4 is 5.32 Å². The summed E-state index contributed by atoms with van der Waals surface area (Å²) in [4.78, 5) is 28.7. The Bertz CT molecular complexity index is 731. The smallest absolute Gasteiger partial charge is 0.225 e. The third-order valence-electron chi connectivity index (χ3n) is 4.82. The second-order valence-corrected chi connectivity index (χ2v) is 7.72. The van der Waals surface area contributed by atoms with Gasteiger partial charge in [-0.1, -0.05) is 30.3 Å². The van der Waals surface area contributed by atoms with Crippen LogP contribution in [0.25, 0.3) is 0 Å². The highest BCUT2D eigenvalue weighted by molar-refractivity contribution is 7.07. The van der Waals surface area contributed by atoms with Gasteiger partial charge in [-0.05, 0) is 42.0 Å². The second kappa shape index (κ2) is 8.47. The van der Waals surface area contributed by atoms with Gasteiger partial charge in [0.2, 0.25) is 11.8 Å². The molecule has 1 aliphatic heterocycles. The summed E-state index contributed by atoms with van der Waals surface area (Å²) in [6.07, 6.45) is 0.295. The number of carbonyl (C=O) groups is 2. The number of rotatable bonds is 7. The molecule has 1 N–H and O–H groups in total. The highest BCUT2D eigenvalue weighted by Crippen LogP contribution is 2.22. The summed E-state index contributed by atoms with van der Waals surface area (Å²) >= 11 is 1.66. The molecule has 2 atom stereocenters. The van der Waals surface area contributed by atoms with Gasteiger partial charge in [0.25, 0.3) is 0 Å². The molecule has 0 saturated carbocycles. The van der Waals surface area contributed by atoms with E-state index in [2.05, 4.69) is 21.7 Å². The summed E-state index contributed by atoms with van der Waals surface area (Å²) in [7, 11) is 4.02. The van der Waals surface area contributed by atoms with E-state index in [1.165, 1.54) is 5.56 Å². The third-order valence-corrected chi connectivity index (χ3v) is 5.52. The van der Waals surface area contributed by atoms with E-state index in [4.69, 9.17) is 0 Å². The fourth-order valence-electron chi connectivity index (χ4n) is 3.31. The van der Waals surface area contributed by atoms with E-state index >= 15 is 0 Å². The van der Waals surface area contributed by atoms with Crippen molar-refractivity contribution >= 4 is 23.2 Å². The topological polar surface area (TPSA) is 52.7 Å². The van der Waals surface area contributed by atoms with E-state index in [-0.39, 0.29) is 23.8 Å². The molecule has 1 fully saturated rings. The first-order valence-electron chi connectivity index (χ1n) is 8.82. The van der Waals surface area contributed by atoms with Gasteiger partial charge < -0.3 is 15.1 Å². The van der Waals surface area contributed by atoms with Crippen molar-refractivity contribution in [3.63, 3.8) is 0 Å². The maximum absolute atomic E-state index is 12.6. The Kier molecular flexibility index (Phi) is 6.06. The Morgan fingerprint density at radius 3 is 2.73 bits per heavy atom. The number of nitrogens with one attached hydrogen (secondary N) is 1. The highest BCUT2D eigenvalue weighted by Gasteiger charge is 2.34. The van der Waals surface area contributed by atoms with Crippen molar-refractivity contribution in [1.29, 1.82) is 0 Å². The lowest BCUT2D eigenvalue weighted by atomic mass is 10.1. The zero-order valence-corrected chi connectivity index (χ0v) is 16.0. The van der Waals surface area contributed by atoms with Crippen molar-refractivity contribution < 1.29 is 9.59 Å². The van der Waals surface area contributed by atoms with Crippen LogP contribution in [-0.4, -0.2) is 48.8 Å². The normalized spacial score (nSPS) is 18.3. The van der Waals surface area contributed by atoms with Crippen LogP contribution in [-0.2, 0) is 16.1 Å². The average Bonchev–Trinajstić information content (AvgIpc) is 3.26. The molecule has 2 aromatic rings. The number of likely N-dealkylation sites (N-methyl/N-ethyl adjacent to an activating group) is 1. The van der Waals surface area contributed by atoms with Crippen LogP contribution in [0.2, 0.25) is 0 Å². The van der Waals surface area contributed by atoms with Gasteiger partial charge in [0.1, 0.15) is 0 Å². The van der Waals surface area contributed by atoms with Gasteiger partial charge in [0, 0.05) is 26.1 Å². The molecule has 1 aromatic heterocycles. The van der Waals surface area contributed by atoms with Crippen molar-refractivity contribution in [2.75, 3.05) is 27.2 Å². The first-order valence-corrected chi connectivity index (χ1v) is 9.77. The molecule has 0 aliphatic carbocycles. The summed E-state index contributed by atoms with van der Waals surface area (Å²) in [5.41, 5.74) is 2.29. The number of hydrogen-bond donors (Lipinski definition) is 1. The predicted molar refractivity (Wildman–Crippen MR) is 104 cm³/mol. The second-order valence-electron chi connectivity index (χ2n) is 6.94. The number of carbonyl (C=O) groups excluding carboxylic acids is 2. The van der Waals surface area contributed by atoms with Gasteiger partial charge in [-0.2, -0.15) is 11.3 Å². The van der Waals surface area contributed by atoms with E-state index in [9.17, 15) is 9.59 Å². The highest BCUT2D eigenvalue weighted by atomic mass is 32.1. The summed E-state index contributed by atoms with van der Waals surface area (Å²) in [6.45, 7) is 1.61. The van der Waals surface area contributed by atoms with Crippen LogP contribution in [0.15, 0.2) is 47.2 Å². The van der Waals surface area contributed by atoms with Crippen molar-refractivity contribution in [3.05, 3.63) is 58.3 Å². The number of amides is 2. The van der Waals surface area contributed by atoms with Gasteiger partial charge in [0.05, 0.1) is 12.0 Å². The molecular formula is C20H25N3O2S. The maximum Gasteiger partial charge on any atom is 0.225 e. The molecule has 26 heavy (non-hydrogen) atoms. The van der Waals surface area contributed by atoms with Gasteiger partial charge in [-0.25, -0.2) is 0 Å². The van der Waals surface area contributed by atoms with Gasteiger partial charge in [0.15, 0.2) is 0 Å². The number of thiophene rings is 1. The molecule has 1 aliphatic rings. The number of likely N-dealkylation sites (tertiary alicyclic amines) is 1. The molecule has 0 unspecified atom stereocenters. The Balaban J connectivity index is 1.54. The zero-order valence-electron chi connectivity index (χ0n) is 15.2. The largest absolute Gasteiger partial charge is 0.354 e. The van der Waals surface area contributed by atoms with Crippen molar-refractivity contribution in [1.82, 2.24) is 15.1 Å². The van der Waals surface area contributed by atoms with E-state index in [1.54, 1.807) is 16.2 Å². The number of benzene rings is 1. The molecule has 2 amide bonds. The average molecular weight is 372 g/mol. The van der Waals surface area contributed by atoms with E-state index in [0.717, 1.165) is 5.56 Å². The van der Waals surface area contributed by atoms with Crippen LogP contribution in [0.3, 0.4) is 0 Å². The number of hydrogen-bond acceptors (Lipinski definition) is 4. The third kappa shape index (κ3) is 4.51. The molecule has 138 valence electrons. The van der Waals surface area contributed by atoms with Crippen molar-refractivity contribution in [3.8, 4) is 0 Å². The Morgan fingerprint density at radius 2 is 2.08 bits per heavy atom. The molecule has 3 rings (SSSR count). The maximum atomic E-state index is 12.6. The number of nitrogens with zero attached hydrogens (tertiary/aromatic N) is 2. The van der Waals surface area contributed by atoms with Gasteiger partial charge in [-0.15, -0.1) is 0 Å². The van der Waals surface area contributed by atoms with E-state index in [1.807, 2.05) is 49.8 Å².